The Morgan fingerprint density at radius 1 is 0.296 bits per heavy atom. The number of para-hydroxylation sites is 1. The summed E-state index contributed by atoms with van der Waals surface area (Å²) in [6, 6.07) is 75.8. The molecule has 0 radical (unpaired) electrons. The SMILES string of the molecule is c1ccc(-c2ccc(-c3cccc4oc5cccc(N(c6ccc(-c7ccc8ccccc8c7)cc6)c6ccccc6-c6ccccc6)c5c34)cc2)cc1. The van der Waals surface area contributed by atoms with Crippen molar-refractivity contribution >= 4 is 49.8 Å². The highest BCUT2D eigenvalue weighted by Crippen LogP contribution is 2.48. The minimum absolute atomic E-state index is 0.853. The standard InChI is InChI=1S/C52H35NO/c1-3-13-36(14-4-1)38-25-28-41(29-26-38)46-20-11-23-49-51(46)52-48(22-12-24-50(52)54-49)53(47-21-10-9-19-45(47)40-16-5-2-6-17-40)44-33-31-39(32-34-44)43-30-27-37-15-7-8-18-42(37)35-43/h1-35H. The minimum Gasteiger partial charge on any atom is -0.456 e. The van der Waals surface area contributed by atoms with Crippen LogP contribution in [0.4, 0.5) is 17.1 Å². The molecule has 10 aromatic rings. The van der Waals surface area contributed by atoms with E-state index in [4.69, 9.17) is 4.42 Å². The molecule has 0 bridgehead atoms. The van der Waals surface area contributed by atoms with Gasteiger partial charge < -0.3 is 9.32 Å². The average Bonchev–Trinajstić information content (AvgIpc) is 3.65. The molecular weight excluding hydrogens is 655 g/mol. The molecular formula is C52H35NO. The van der Waals surface area contributed by atoms with Gasteiger partial charge >= 0.3 is 0 Å². The normalized spacial score (nSPS) is 11.3. The summed E-state index contributed by atoms with van der Waals surface area (Å²) in [4.78, 5) is 2.40. The van der Waals surface area contributed by atoms with Gasteiger partial charge in [-0.25, -0.2) is 0 Å². The highest BCUT2D eigenvalue weighted by molar-refractivity contribution is 6.19. The van der Waals surface area contributed by atoms with Crippen LogP contribution >= 0.6 is 0 Å². The lowest BCUT2D eigenvalue weighted by atomic mass is 9.95. The van der Waals surface area contributed by atoms with E-state index in [1.54, 1.807) is 0 Å². The Hall–Kier alpha value is -7.16. The summed E-state index contributed by atoms with van der Waals surface area (Å²) in [6.07, 6.45) is 0. The van der Waals surface area contributed by atoms with E-state index < -0.39 is 0 Å². The lowest BCUT2D eigenvalue weighted by molar-refractivity contribution is 0.669. The maximum Gasteiger partial charge on any atom is 0.137 e. The predicted octanol–water partition coefficient (Wildman–Crippen LogP) is 14.9. The lowest BCUT2D eigenvalue weighted by Crippen LogP contribution is -2.11. The summed E-state index contributed by atoms with van der Waals surface area (Å²) < 4.78 is 6.67. The van der Waals surface area contributed by atoms with Crippen molar-refractivity contribution in [2.45, 2.75) is 0 Å². The third-order valence-corrected chi connectivity index (χ3v) is 10.5. The van der Waals surface area contributed by atoms with Gasteiger partial charge in [-0.15, -0.1) is 0 Å². The molecule has 9 aromatic carbocycles. The summed E-state index contributed by atoms with van der Waals surface area (Å²) >= 11 is 0. The van der Waals surface area contributed by atoms with E-state index in [2.05, 4.69) is 217 Å². The lowest BCUT2D eigenvalue weighted by Gasteiger charge is -2.29. The molecule has 10 rings (SSSR count). The molecule has 0 saturated carbocycles. The summed E-state index contributed by atoms with van der Waals surface area (Å²) in [6.45, 7) is 0. The smallest absolute Gasteiger partial charge is 0.137 e. The molecule has 0 spiro atoms. The number of fused-ring (bicyclic) bond motifs is 4. The molecule has 0 saturated heterocycles. The van der Waals surface area contributed by atoms with E-state index in [-0.39, 0.29) is 0 Å². The molecule has 54 heavy (non-hydrogen) atoms. The first-order valence-corrected chi connectivity index (χ1v) is 18.4. The van der Waals surface area contributed by atoms with Crippen molar-refractivity contribution in [1.29, 1.82) is 0 Å². The molecule has 0 amide bonds. The van der Waals surface area contributed by atoms with Gasteiger partial charge in [0, 0.05) is 16.6 Å². The first kappa shape index (κ1) is 31.6. The summed E-state index contributed by atoms with van der Waals surface area (Å²) in [5.41, 5.74) is 14.3. The monoisotopic (exact) mass is 689 g/mol. The Labute approximate surface area is 314 Å². The van der Waals surface area contributed by atoms with Crippen LogP contribution in [0.3, 0.4) is 0 Å². The summed E-state index contributed by atoms with van der Waals surface area (Å²) in [5.74, 6) is 0. The summed E-state index contributed by atoms with van der Waals surface area (Å²) in [5, 5.41) is 4.66. The van der Waals surface area contributed by atoms with Crippen LogP contribution in [-0.4, -0.2) is 0 Å². The second-order valence-corrected chi connectivity index (χ2v) is 13.7. The van der Waals surface area contributed by atoms with Gasteiger partial charge in [0.2, 0.25) is 0 Å². The van der Waals surface area contributed by atoms with Crippen LogP contribution in [0.25, 0.3) is 77.2 Å². The molecule has 0 aliphatic carbocycles. The number of benzene rings is 9. The summed E-state index contributed by atoms with van der Waals surface area (Å²) in [7, 11) is 0. The highest BCUT2D eigenvalue weighted by atomic mass is 16.3. The van der Waals surface area contributed by atoms with Crippen LogP contribution in [0.2, 0.25) is 0 Å². The number of rotatable bonds is 7. The van der Waals surface area contributed by atoms with E-state index in [1.165, 1.54) is 33.0 Å². The van der Waals surface area contributed by atoms with E-state index >= 15 is 0 Å². The van der Waals surface area contributed by atoms with Crippen molar-refractivity contribution < 1.29 is 4.42 Å². The van der Waals surface area contributed by atoms with Crippen LogP contribution < -0.4 is 4.90 Å². The zero-order valence-corrected chi connectivity index (χ0v) is 29.6. The van der Waals surface area contributed by atoms with Gasteiger partial charge in [0.1, 0.15) is 11.2 Å². The van der Waals surface area contributed by atoms with Crippen molar-refractivity contribution in [2.24, 2.45) is 0 Å². The number of furan rings is 1. The fourth-order valence-electron chi connectivity index (χ4n) is 7.86. The molecule has 0 aliphatic rings. The van der Waals surface area contributed by atoms with Gasteiger partial charge in [-0.05, 0) is 92.2 Å². The molecule has 0 fully saturated rings. The zero-order chi connectivity index (χ0) is 35.8. The second kappa shape index (κ2) is 13.4. The number of hydrogen-bond acceptors (Lipinski definition) is 2. The Morgan fingerprint density at radius 2 is 0.796 bits per heavy atom. The Kier molecular flexibility index (Phi) is 7.85. The molecule has 254 valence electrons. The topological polar surface area (TPSA) is 16.4 Å². The highest BCUT2D eigenvalue weighted by Gasteiger charge is 2.23. The Balaban J connectivity index is 1.17. The van der Waals surface area contributed by atoms with Crippen LogP contribution in [0.15, 0.2) is 217 Å². The van der Waals surface area contributed by atoms with Crippen LogP contribution in [0, 0.1) is 0 Å². The van der Waals surface area contributed by atoms with E-state index in [0.717, 1.165) is 61.3 Å². The third kappa shape index (κ3) is 5.62. The van der Waals surface area contributed by atoms with Crippen molar-refractivity contribution in [3.05, 3.63) is 212 Å². The van der Waals surface area contributed by atoms with Crippen molar-refractivity contribution in [1.82, 2.24) is 0 Å². The molecule has 0 unspecified atom stereocenters. The Bertz CT molecular complexity index is 2910. The van der Waals surface area contributed by atoms with E-state index in [9.17, 15) is 0 Å². The van der Waals surface area contributed by atoms with Crippen LogP contribution in [0.1, 0.15) is 0 Å². The molecule has 2 nitrogen and oxygen atoms in total. The molecule has 0 atom stereocenters. The molecule has 1 heterocycles. The Morgan fingerprint density at radius 3 is 1.57 bits per heavy atom. The van der Waals surface area contributed by atoms with Crippen LogP contribution in [0.5, 0.6) is 0 Å². The molecule has 0 aliphatic heterocycles. The average molecular weight is 690 g/mol. The fraction of sp³-hybridized carbons (Fsp3) is 0. The number of anilines is 3. The van der Waals surface area contributed by atoms with Gasteiger partial charge in [0.25, 0.3) is 0 Å². The largest absolute Gasteiger partial charge is 0.456 e. The number of nitrogens with zero attached hydrogens (tertiary/aromatic N) is 1. The van der Waals surface area contributed by atoms with E-state index in [1.807, 2.05) is 0 Å². The van der Waals surface area contributed by atoms with Crippen molar-refractivity contribution in [2.75, 3.05) is 4.90 Å². The molecule has 2 heteroatoms. The van der Waals surface area contributed by atoms with E-state index in [0.29, 0.717) is 0 Å². The van der Waals surface area contributed by atoms with Gasteiger partial charge in [0.05, 0.1) is 16.8 Å². The second-order valence-electron chi connectivity index (χ2n) is 13.7. The zero-order valence-electron chi connectivity index (χ0n) is 29.6. The minimum atomic E-state index is 0.853. The van der Waals surface area contributed by atoms with Crippen LogP contribution in [-0.2, 0) is 0 Å². The molecule has 0 N–H and O–H groups in total. The van der Waals surface area contributed by atoms with Gasteiger partial charge in [-0.2, -0.15) is 0 Å². The van der Waals surface area contributed by atoms with Crippen molar-refractivity contribution in [3.63, 3.8) is 0 Å². The maximum atomic E-state index is 6.67. The van der Waals surface area contributed by atoms with Gasteiger partial charge in [0.15, 0.2) is 0 Å². The quantitative estimate of drug-likeness (QED) is 0.166. The molecule has 1 aromatic heterocycles. The first-order valence-electron chi connectivity index (χ1n) is 18.4. The van der Waals surface area contributed by atoms with Crippen molar-refractivity contribution in [3.8, 4) is 44.5 Å². The van der Waals surface area contributed by atoms with Gasteiger partial charge in [-0.3, -0.25) is 0 Å². The predicted molar refractivity (Wildman–Crippen MR) is 228 cm³/mol. The number of hydrogen-bond donors (Lipinski definition) is 0. The fourth-order valence-corrected chi connectivity index (χ4v) is 7.86. The maximum absolute atomic E-state index is 6.67. The third-order valence-electron chi connectivity index (χ3n) is 10.5. The van der Waals surface area contributed by atoms with Gasteiger partial charge in [-0.1, -0.05) is 170 Å². The first-order chi connectivity index (χ1) is 26.8.